The zero-order chi connectivity index (χ0) is 15.7. The Morgan fingerprint density at radius 3 is 2.62 bits per heavy atom. The van der Waals surface area contributed by atoms with E-state index in [9.17, 15) is 0 Å². The molecule has 3 heterocycles. The lowest BCUT2D eigenvalue weighted by Gasteiger charge is -2.20. The maximum absolute atomic E-state index is 6.12. The molecule has 0 radical (unpaired) electrons. The van der Waals surface area contributed by atoms with Gasteiger partial charge in [0.2, 0.25) is 5.88 Å². The fourth-order valence-electron chi connectivity index (χ4n) is 3.74. The number of hydrogen-bond donors (Lipinski definition) is 0. The van der Waals surface area contributed by atoms with Crippen LogP contribution in [0.3, 0.4) is 0 Å². The summed E-state index contributed by atoms with van der Waals surface area (Å²) in [6.07, 6.45) is 1.75. The molecular weight excluding hydrogens is 298 g/mol. The van der Waals surface area contributed by atoms with Crippen molar-refractivity contribution in [3.63, 3.8) is 0 Å². The van der Waals surface area contributed by atoms with Crippen molar-refractivity contribution < 1.29 is 9.15 Å². The maximum atomic E-state index is 6.12. The number of nitrogens with zero attached hydrogens (tertiary/aromatic N) is 1. The summed E-state index contributed by atoms with van der Waals surface area (Å²) in [6.45, 7) is 0. The summed E-state index contributed by atoms with van der Waals surface area (Å²) in [5.41, 5.74) is 3.92. The van der Waals surface area contributed by atoms with Gasteiger partial charge in [0.05, 0.1) is 0 Å². The van der Waals surface area contributed by atoms with E-state index in [1.165, 1.54) is 0 Å². The van der Waals surface area contributed by atoms with Gasteiger partial charge in [-0.05, 0) is 35.7 Å². The van der Waals surface area contributed by atoms with Crippen molar-refractivity contribution >= 4 is 32.7 Å². The molecule has 0 saturated heterocycles. The predicted octanol–water partition coefficient (Wildman–Crippen LogP) is 5.91. The van der Waals surface area contributed by atoms with Crippen molar-refractivity contribution in [1.82, 2.24) is 4.98 Å². The first-order valence-corrected chi connectivity index (χ1v) is 7.90. The minimum Gasteiger partial charge on any atom is -0.456 e. The number of rotatable bonds is 0. The van der Waals surface area contributed by atoms with Gasteiger partial charge in [0.1, 0.15) is 16.9 Å². The Kier molecular flexibility index (Phi) is 2.10. The highest BCUT2D eigenvalue weighted by molar-refractivity contribution is 6.23. The first kappa shape index (κ1) is 12.1. The van der Waals surface area contributed by atoms with Crippen LogP contribution in [-0.4, -0.2) is 4.98 Å². The highest BCUT2D eigenvalue weighted by Crippen LogP contribution is 2.49. The molecule has 1 aliphatic rings. The molecule has 0 atom stereocenters. The fourth-order valence-corrected chi connectivity index (χ4v) is 3.74. The van der Waals surface area contributed by atoms with Gasteiger partial charge in [-0.2, -0.15) is 0 Å². The van der Waals surface area contributed by atoms with Gasteiger partial charge in [0.25, 0.3) is 0 Å². The van der Waals surface area contributed by atoms with Crippen molar-refractivity contribution in [2.45, 2.75) is 0 Å². The normalized spacial score (nSPS) is 12.5. The molecule has 112 valence electrons. The summed E-state index contributed by atoms with van der Waals surface area (Å²) in [7, 11) is 0. The van der Waals surface area contributed by atoms with Crippen molar-refractivity contribution in [1.29, 1.82) is 0 Å². The van der Waals surface area contributed by atoms with E-state index in [-0.39, 0.29) is 0 Å². The number of hydrogen-bond acceptors (Lipinski definition) is 3. The minimum atomic E-state index is 0.646. The number of furan rings is 1. The number of aromatic nitrogens is 1. The van der Waals surface area contributed by atoms with Crippen LogP contribution in [0.15, 0.2) is 71.3 Å². The summed E-state index contributed by atoms with van der Waals surface area (Å²) in [4.78, 5) is 4.38. The fraction of sp³-hybridized carbons (Fsp3) is 0. The third-order valence-electron chi connectivity index (χ3n) is 4.73. The molecule has 0 bridgehead atoms. The average Bonchev–Trinajstić information content (AvgIpc) is 3.00. The Balaban J connectivity index is 1.91. The molecule has 0 amide bonds. The van der Waals surface area contributed by atoms with E-state index in [0.717, 1.165) is 49.6 Å². The van der Waals surface area contributed by atoms with E-state index in [0.29, 0.717) is 5.88 Å². The Morgan fingerprint density at radius 1 is 0.708 bits per heavy atom. The third kappa shape index (κ3) is 1.39. The van der Waals surface area contributed by atoms with E-state index in [1.54, 1.807) is 6.20 Å². The van der Waals surface area contributed by atoms with E-state index < -0.39 is 0 Å². The Bertz CT molecular complexity index is 1280. The maximum Gasteiger partial charge on any atom is 0.227 e. The van der Waals surface area contributed by atoms with Crippen LogP contribution in [0.25, 0.3) is 43.8 Å². The Labute approximate surface area is 137 Å². The van der Waals surface area contributed by atoms with Gasteiger partial charge in [0, 0.05) is 33.5 Å². The Morgan fingerprint density at radius 2 is 1.62 bits per heavy atom. The number of pyridine rings is 1. The van der Waals surface area contributed by atoms with Crippen LogP contribution in [0.2, 0.25) is 0 Å². The Hall–Kier alpha value is -3.33. The van der Waals surface area contributed by atoms with Crippen LogP contribution in [0.5, 0.6) is 11.6 Å². The molecule has 2 aromatic heterocycles. The van der Waals surface area contributed by atoms with Crippen molar-refractivity contribution in [2.24, 2.45) is 0 Å². The summed E-state index contributed by atoms with van der Waals surface area (Å²) in [6, 6.07) is 20.4. The van der Waals surface area contributed by atoms with Crippen LogP contribution >= 0.6 is 0 Å². The zero-order valence-electron chi connectivity index (χ0n) is 12.6. The zero-order valence-corrected chi connectivity index (χ0v) is 12.6. The van der Waals surface area contributed by atoms with E-state index in [1.807, 2.05) is 42.5 Å². The van der Waals surface area contributed by atoms with E-state index in [4.69, 9.17) is 9.15 Å². The van der Waals surface area contributed by atoms with Crippen LogP contribution < -0.4 is 4.74 Å². The molecule has 1 aliphatic heterocycles. The molecule has 0 saturated carbocycles. The summed E-state index contributed by atoms with van der Waals surface area (Å²) in [5.74, 6) is 1.49. The van der Waals surface area contributed by atoms with Gasteiger partial charge in [-0.3, -0.25) is 0 Å². The first-order chi connectivity index (χ1) is 11.9. The van der Waals surface area contributed by atoms with Gasteiger partial charge >= 0.3 is 0 Å². The minimum absolute atomic E-state index is 0.646. The second kappa shape index (κ2) is 4.15. The second-order valence-electron chi connectivity index (χ2n) is 6.03. The molecule has 0 aliphatic carbocycles. The predicted molar refractivity (Wildman–Crippen MR) is 94.5 cm³/mol. The molecule has 3 aromatic carbocycles. The standard InChI is InChI=1S/C21H11NO2/c1-2-8-16-13(5-1)19-14-6-3-9-17-20(14)15(11-18(19)23-16)12-7-4-10-22-21(12)24-17/h1-11H. The van der Waals surface area contributed by atoms with Crippen molar-refractivity contribution in [2.75, 3.05) is 0 Å². The summed E-state index contributed by atoms with van der Waals surface area (Å²) >= 11 is 0. The summed E-state index contributed by atoms with van der Waals surface area (Å²) < 4.78 is 12.2. The molecule has 0 spiro atoms. The molecular formula is C21H11NO2. The monoisotopic (exact) mass is 309 g/mol. The van der Waals surface area contributed by atoms with Crippen LogP contribution in [0.1, 0.15) is 0 Å². The smallest absolute Gasteiger partial charge is 0.227 e. The number of para-hydroxylation sites is 1. The van der Waals surface area contributed by atoms with Gasteiger partial charge in [-0.25, -0.2) is 4.98 Å². The molecule has 5 aromatic rings. The highest BCUT2D eigenvalue weighted by atomic mass is 16.5. The van der Waals surface area contributed by atoms with Crippen molar-refractivity contribution in [3.05, 3.63) is 66.9 Å². The number of fused-ring (bicyclic) bond motifs is 6. The van der Waals surface area contributed by atoms with Crippen LogP contribution in [-0.2, 0) is 0 Å². The summed E-state index contributed by atoms with van der Waals surface area (Å²) in [5, 5.41) is 4.55. The molecule has 0 N–H and O–H groups in total. The van der Waals surface area contributed by atoms with E-state index in [2.05, 4.69) is 23.2 Å². The molecule has 24 heavy (non-hydrogen) atoms. The second-order valence-corrected chi connectivity index (χ2v) is 6.03. The lowest BCUT2D eigenvalue weighted by atomic mass is 9.93. The van der Waals surface area contributed by atoms with E-state index >= 15 is 0 Å². The third-order valence-corrected chi connectivity index (χ3v) is 4.73. The largest absolute Gasteiger partial charge is 0.456 e. The molecule has 3 heteroatoms. The quantitative estimate of drug-likeness (QED) is 0.350. The van der Waals surface area contributed by atoms with Crippen LogP contribution in [0, 0.1) is 0 Å². The van der Waals surface area contributed by atoms with Gasteiger partial charge < -0.3 is 9.15 Å². The first-order valence-electron chi connectivity index (χ1n) is 7.90. The molecule has 3 nitrogen and oxygen atoms in total. The lowest BCUT2D eigenvalue weighted by Crippen LogP contribution is -1.98. The van der Waals surface area contributed by atoms with Crippen LogP contribution in [0.4, 0.5) is 0 Å². The van der Waals surface area contributed by atoms with Gasteiger partial charge in [-0.15, -0.1) is 0 Å². The molecule has 0 unspecified atom stereocenters. The van der Waals surface area contributed by atoms with Gasteiger partial charge in [0.15, 0.2) is 0 Å². The average molecular weight is 309 g/mol. The lowest BCUT2D eigenvalue weighted by molar-refractivity contribution is 0.467. The topological polar surface area (TPSA) is 35.3 Å². The van der Waals surface area contributed by atoms with Gasteiger partial charge in [-0.1, -0.05) is 30.3 Å². The number of benzene rings is 3. The van der Waals surface area contributed by atoms with Crippen molar-refractivity contribution in [3.8, 4) is 22.8 Å². The highest BCUT2D eigenvalue weighted by Gasteiger charge is 2.23. The SMILES string of the molecule is c1cnc2c(c1)-c1cc3oc4ccccc4c3c3cccc(c13)O2. The molecule has 0 fully saturated rings. The molecule has 6 rings (SSSR count). The number of ether oxygens (including phenoxy) is 1.